The van der Waals surface area contributed by atoms with E-state index in [4.69, 9.17) is 0 Å². The molecular weight excluding hydrogens is 416 g/mol. The number of imidazole rings is 2. The number of hydrogen-bond acceptors (Lipinski definition) is 5. The highest BCUT2D eigenvalue weighted by atomic mass is 16.6. The number of aromatic nitrogens is 4. The average molecular weight is 434 g/mol. The van der Waals surface area contributed by atoms with Gasteiger partial charge in [-0.25, -0.2) is 9.13 Å². The van der Waals surface area contributed by atoms with Crippen LogP contribution >= 0.6 is 0 Å². The summed E-state index contributed by atoms with van der Waals surface area (Å²) in [6.07, 6.45) is 10.0. The van der Waals surface area contributed by atoms with E-state index < -0.39 is 9.85 Å². The minimum atomic E-state index is -0.447. The number of hydrogen-bond donors (Lipinski definition) is 0. The molecular formula is C21H18N6O5+2. The highest BCUT2D eigenvalue weighted by Crippen LogP contribution is 2.12. The van der Waals surface area contributed by atoms with E-state index >= 15 is 0 Å². The van der Waals surface area contributed by atoms with Gasteiger partial charge in [0.15, 0.2) is 0 Å². The summed E-state index contributed by atoms with van der Waals surface area (Å²) < 4.78 is 6.46. The quantitative estimate of drug-likeness (QED) is 0.262. The maximum absolute atomic E-state index is 12.8. The monoisotopic (exact) mass is 434 g/mol. The molecule has 0 aliphatic rings. The van der Waals surface area contributed by atoms with E-state index in [1.54, 1.807) is 70.8 Å². The molecule has 0 bridgehead atoms. The Labute approximate surface area is 181 Å². The van der Waals surface area contributed by atoms with Gasteiger partial charge in [-0.05, 0) is 35.4 Å². The molecule has 2 aromatic carbocycles. The van der Waals surface area contributed by atoms with Crippen LogP contribution in [-0.2, 0) is 13.1 Å². The Morgan fingerprint density at radius 1 is 0.719 bits per heavy atom. The fourth-order valence-electron chi connectivity index (χ4n) is 3.20. The van der Waals surface area contributed by atoms with Crippen LogP contribution in [0.1, 0.15) is 11.1 Å². The van der Waals surface area contributed by atoms with Crippen LogP contribution in [0.3, 0.4) is 0 Å². The van der Waals surface area contributed by atoms with E-state index in [9.17, 15) is 25.0 Å². The van der Waals surface area contributed by atoms with Crippen molar-refractivity contribution in [3.05, 3.63) is 117 Å². The molecule has 0 spiro atoms. The van der Waals surface area contributed by atoms with E-state index in [0.717, 1.165) is 11.1 Å². The maximum atomic E-state index is 12.8. The van der Waals surface area contributed by atoms with Crippen molar-refractivity contribution >= 4 is 17.4 Å². The van der Waals surface area contributed by atoms with Crippen LogP contribution in [0.4, 0.5) is 16.2 Å². The van der Waals surface area contributed by atoms with Crippen LogP contribution in [0, 0.1) is 20.2 Å². The Bertz CT molecular complexity index is 1190. The van der Waals surface area contributed by atoms with Gasteiger partial charge in [-0.1, -0.05) is 0 Å². The first-order valence-electron chi connectivity index (χ1n) is 9.54. The summed E-state index contributed by atoms with van der Waals surface area (Å²) in [5, 5.41) is 21.5. The molecule has 160 valence electrons. The van der Waals surface area contributed by atoms with Crippen LogP contribution in [0.15, 0.2) is 86.0 Å². The first-order valence-corrected chi connectivity index (χ1v) is 9.54. The van der Waals surface area contributed by atoms with E-state index in [1.807, 2.05) is 0 Å². The summed E-state index contributed by atoms with van der Waals surface area (Å²) >= 11 is 0. The molecule has 0 N–H and O–H groups in total. The van der Waals surface area contributed by atoms with Gasteiger partial charge in [0, 0.05) is 24.3 Å². The van der Waals surface area contributed by atoms with Crippen LogP contribution in [0.2, 0.25) is 0 Å². The standard InChI is InChI=1S/C21H18N6O5/c28-21(24-11-9-22(15-24)13-17-1-5-19(6-2-17)26(29)30)25-12-10-23(16-25)14-18-3-7-20(8-4-18)27(31)32/h1-12,15-16H,13-14H2/q+2. The second kappa shape index (κ2) is 8.60. The molecule has 0 aliphatic carbocycles. The third-order valence-corrected chi connectivity index (χ3v) is 4.85. The van der Waals surface area contributed by atoms with Gasteiger partial charge in [-0.15, -0.1) is 9.13 Å². The molecule has 4 aromatic rings. The predicted octanol–water partition coefficient (Wildman–Crippen LogP) is 2.29. The molecule has 2 heterocycles. The fourth-order valence-corrected chi connectivity index (χ4v) is 3.20. The number of benzene rings is 2. The maximum Gasteiger partial charge on any atom is 0.513 e. The largest absolute Gasteiger partial charge is 0.513 e. The number of rotatable bonds is 6. The second-order valence-corrected chi connectivity index (χ2v) is 7.12. The minimum Gasteiger partial charge on any atom is -0.258 e. The Balaban J connectivity index is 1.41. The van der Waals surface area contributed by atoms with E-state index in [1.165, 1.54) is 33.4 Å². The van der Waals surface area contributed by atoms with Crippen molar-refractivity contribution in [2.75, 3.05) is 0 Å². The number of carbonyl (C=O) groups is 1. The van der Waals surface area contributed by atoms with Crippen molar-refractivity contribution in [3.8, 4) is 0 Å². The molecule has 11 heteroatoms. The Hall–Kier alpha value is -4.67. The highest BCUT2D eigenvalue weighted by Gasteiger charge is 2.21. The highest BCUT2D eigenvalue weighted by molar-refractivity contribution is 5.78. The van der Waals surface area contributed by atoms with Crippen molar-refractivity contribution in [2.45, 2.75) is 13.1 Å². The fraction of sp³-hybridized carbons (Fsp3) is 0.0952. The summed E-state index contributed by atoms with van der Waals surface area (Å²) in [4.78, 5) is 33.4. The number of nitrogens with zero attached hydrogens (tertiary/aromatic N) is 6. The average Bonchev–Trinajstić information content (AvgIpc) is 3.44. The first kappa shape index (κ1) is 20.6. The number of carbonyl (C=O) groups excluding carboxylic acids is 1. The number of nitro benzene ring substituents is 2. The van der Waals surface area contributed by atoms with E-state index in [2.05, 4.69) is 0 Å². The molecule has 0 saturated carbocycles. The lowest BCUT2D eigenvalue weighted by molar-refractivity contribution is -0.687. The molecule has 0 amide bonds. The molecule has 0 unspecified atom stereocenters. The van der Waals surface area contributed by atoms with Crippen molar-refractivity contribution in [2.24, 2.45) is 0 Å². The normalized spacial score (nSPS) is 10.8. The smallest absolute Gasteiger partial charge is 0.258 e. The summed E-state index contributed by atoms with van der Waals surface area (Å²) in [6, 6.07) is 12.2. The summed E-state index contributed by atoms with van der Waals surface area (Å²) in [5.41, 5.74) is 1.79. The lowest BCUT2D eigenvalue weighted by Crippen LogP contribution is -2.33. The lowest BCUT2D eigenvalue weighted by atomic mass is 10.2. The van der Waals surface area contributed by atoms with Gasteiger partial charge in [-0.2, -0.15) is 4.79 Å². The Morgan fingerprint density at radius 3 is 1.44 bits per heavy atom. The topological polar surface area (TPSA) is 121 Å². The molecule has 32 heavy (non-hydrogen) atoms. The third-order valence-electron chi connectivity index (χ3n) is 4.85. The number of nitro groups is 2. The molecule has 0 aliphatic heterocycles. The molecule has 2 aromatic heterocycles. The van der Waals surface area contributed by atoms with Crippen LogP contribution < -0.4 is 9.13 Å². The molecule has 0 fully saturated rings. The summed E-state index contributed by atoms with van der Waals surface area (Å²) in [7, 11) is 0. The Kier molecular flexibility index (Phi) is 5.53. The lowest BCUT2D eigenvalue weighted by Gasteiger charge is -1.97. The van der Waals surface area contributed by atoms with E-state index in [0.29, 0.717) is 13.1 Å². The first-order chi connectivity index (χ1) is 15.4. The molecule has 0 radical (unpaired) electrons. The Morgan fingerprint density at radius 2 is 1.09 bits per heavy atom. The van der Waals surface area contributed by atoms with Gasteiger partial charge in [0.05, 0.1) is 9.85 Å². The van der Waals surface area contributed by atoms with Gasteiger partial charge < -0.3 is 0 Å². The number of non-ortho nitro benzene ring substituents is 2. The van der Waals surface area contributed by atoms with Crippen molar-refractivity contribution in [1.82, 2.24) is 9.13 Å². The van der Waals surface area contributed by atoms with Gasteiger partial charge in [0.2, 0.25) is 0 Å². The SMILES string of the molecule is O=C(n1cc[n+](Cc2ccc([N+](=O)[O-])cc2)c1)n1cc[n+](Cc2ccc([N+](=O)[O-])cc2)c1. The van der Waals surface area contributed by atoms with Gasteiger partial charge in [0.25, 0.3) is 24.0 Å². The van der Waals surface area contributed by atoms with Crippen LogP contribution in [-0.4, -0.2) is 25.0 Å². The minimum absolute atomic E-state index is 0.0288. The second-order valence-electron chi connectivity index (χ2n) is 7.12. The predicted molar refractivity (Wildman–Crippen MR) is 110 cm³/mol. The summed E-state index contributed by atoms with van der Waals surface area (Å²) in [5.74, 6) is 0. The summed E-state index contributed by atoms with van der Waals surface area (Å²) in [6.45, 7) is 0.925. The van der Waals surface area contributed by atoms with Crippen molar-refractivity contribution < 1.29 is 23.8 Å². The van der Waals surface area contributed by atoms with Crippen LogP contribution in [0.25, 0.3) is 0 Å². The zero-order valence-electron chi connectivity index (χ0n) is 16.7. The molecule has 0 atom stereocenters. The van der Waals surface area contributed by atoms with Crippen LogP contribution in [0.5, 0.6) is 0 Å². The zero-order chi connectivity index (χ0) is 22.7. The van der Waals surface area contributed by atoms with Gasteiger partial charge in [-0.3, -0.25) is 20.2 Å². The zero-order valence-corrected chi connectivity index (χ0v) is 16.7. The van der Waals surface area contributed by atoms with Gasteiger partial charge >= 0.3 is 6.03 Å². The molecule has 11 nitrogen and oxygen atoms in total. The van der Waals surface area contributed by atoms with Crippen molar-refractivity contribution in [1.29, 1.82) is 0 Å². The third kappa shape index (κ3) is 4.56. The van der Waals surface area contributed by atoms with Crippen molar-refractivity contribution in [3.63, 3.8) is 0 Å². The molecule has 0 saturated heterocycles. The van der Waals surface area contributed by atoms with Gasteiger partial charge in [0.1, 0.15) is 37.9 Å². The molecule has 4 rings (SSSR count). The van der Waals surface area contributed by atoms with E-state index in [-0.39, 0.29) is 17.4 Å².